The Kier molecular flexibility index (Phi) is 9.05. The van der Waals surface area contributed by atoms with Gasteiger partial charge >= 0.3 is 11.7 Å². The van der Waals surface area contributed by atoms with E-state index in [1.165, 1.54) is 6.92 Å². The molecule has 216 valence electrons. The molecule has 2 heterocycles. The van der Waals surface area contributed by atoms with E-state index in [2.05, 4.69) is 5.09 Å². The van der Waals surface area contributed by atoms with Crippen LogP contribution in [0.2, 0.25) is 0 Å². The van der Waals surface area contributed by atoms with Crippen LogP contribution < -0.4 is 16.3 Å². The van der Waals surface area contributed by atoms with Crippen molar-refractivity contribution in [1.82, 2.24) is 14.6 Å². The fraction of sp³-hybridized carbons (Fsp3) is 0.560. The Morgan fingerprint density at radius 3 is 2.51 bits per heavy atom. The molecule has 2 unspecified atom stereocenters. The number of hydrogen-bond donors (Lipinski definition) is 4. The lowest BCUT2D eigenvalue weighted by Gasteiger charge is -2.29. The number of hydrogen-bond acceptors (Lipinski definition) is 9. The molecular formula is C25H35FN3O9P. The lowest BCUT2D eigenvalue weighted by Crippen LogP contribution is -2.50. The van der Waals surface area contributed by atoms with Gasteiger partial charge in [-0.15, -0.1) is 0 Å². The minimum atomic E-state index is -4.07. The second-order valence-electron chi connectivity index (χ2n) is 11.0. The number of carbonyl (C=O) groups excluding carboxylic acids is 1. The van der Waals surface area contributed by atoms with E-state index in [4.69, 9.17) is 14.0 Å². The minimum Gasteiger partial charge on any atom is -0.464 e. The van der Waals surface area contributed by atoms with E-state index in [1.54, 1.807) is 30.3 Å². The molecule has 1 aromatic heterocycles. The first-order valence-corrected chi connectivity index (χ1v) is 14.1. The molecule has 1 aliphatic heterocycles. The monoisotopic (exact) mass is 571 g/mol. The third-order valence-corrected chi connectivity index (χ3v) is 8.08. The van der Waals surface area contributed by atoms with Gasteiger partial charge in [0.05, 0.1) is 12.8 Å². The Morgan fingerprint density at radius 2 is 1.92 bits per heavy atom. The molecule has 0 spiro atoms. The van der Waals surface area contributed by atoms with Gasteiger partial charge in [-0.1, -0.05) is 51.1 Å². The van der Waals surface area contributed by atoms with Gasteiger partial charge in [0.1, 0.15) is 24.4 Å². The average Bonchev–Trinajstić information content (AvgIpc) is 3.02. The van der Waals surface area contributed by atoms with Crippen molar-refractivity contribution in [2.75, 3.05) is 13.2 Å². The molecule has 1 saturated heterocycles. The quantitative estimate of drug-likeness (QED) is 0.244. The lowest BCUT2D eigenvalue weighted by atomic mass is 9.95. The van der Waals surface area contributed by atoms with Crippen molar-refractivity contribution in [2.45, 2.75) is 70.6 Å². The van der Waals surface area contributed by atoms with E-state index in [-0.39, 0.29) is 18.2 Å². The summed E-state index contributed by atoms with van der Waals surface area (Å²) in [4.78, 5) is 38.2. The highest BCUT2D eigenvalue weighted by atomic mass is 31.2. The van der Waals surface area contributed by atoms with Gasteiger partial charge in [0.25, 0.3) is 18.9 Å². The molecule has 0 bridgehead atoms. The summed E-state index contributed by atoms with van der Waals surface area (Å²) in [5.74, 6) is -3.83. The number of carbonyl (C=O) groups is 1. The summed E-state index contributed by atoms with van der Waals surface area (Å²) in [5, 5.41) is 24.1. The van der Waals surface area contributed by atoms with Crippen LogP contribution in [0.4, 0.5) is 4.39 Å². The molecular weight excluding hydrogens is 536 g/mol. The standard InChI is InChI=1S/C25H35FN3O9P/c1-16(19(31)36-14-23(2,3)4)28-39(35,13-17-9-7-6-8-10-17)37-15-25(26)20(32)24(5,34)21(38-25)29-12-11-18(30)27-22(29)33/h6-12,16,20-21,32,34H,13-15H2,1-5H3,(H,28,35)(H,27,30,33)/t16-,20?,21+,24+,25+,39?/m0/s1. The molecule has 3 rings (SSSR count). The summed E-state index contributed by atoms with van der Waals surface area (Å²) in [5.41, 5.74) is -3.86. The van der Waals surface area contributed by atoms with Crippen LogP contribution in [-0.2, 0) is 29.5 Å². The van der Waals surface area contributed by atoms with Gasteiger partial charge in [0.2, 0.25) is 0 Å². The molecule has 14 heteroatoms. The average molecular weight is 572 g/mol. The maximum atomic E-state index is 16.0. The summed E-state index contributed by atoms with van der Waals surface area (Å²) in [6.45, 7) is 7.05. The first kappa shape index (κ1) is 30.9. The molecule has 0 saturated carbocycles. The van der Waals surface area contributed by atoms with Gasteiger partial charge in [-0.2, -0.15) is 0 Å². The Hall–Kier alpha value is -2.67. The summed E-state index contributed by atoms with van der Waals surface area (Å²) >= 11 is 0. The molecule has 1 fully saturated rings. The Balaban J connectivity index is 1.83. The van der Waals surface area contributed by atoms with E-state index in [9.17, 15) is 29.2 Å². The minimum absolute atomic E-state index is 0.107. The largest absolute Gasteiger partial charge is 0.464 e. The van der Waals surface area contributed by atoms with Crippen molar-refractivity contribution < 1.29 is 38.0 Å². The summed E-state index contributed by atoms with van der Waals surface area (Å²) in [6.07, 6.45) is -3.30. The number of H-pyrrole nitrogens is 1. The van der Waals surface area contributed by atoms with Gasteiger partial charge < -0.3 is 24.2 Å². The van der Waals surface area contributed by atoms with E-state index >= 15 is 4.39 Å². The van der Waals surface area contributed by atoms with E-state index in [1.807, 2.05) is 25.8 Å². The number of aromatic nitrogens is 2. The molecule has 0 amide bonds. The van der Waals surface area contributed by atoms with Crippen molar-refractivity contribution in [3.63, 3.8) is 0 Å². The summed E-state index contributed by atoms with van der Waals surface area (Å²) < 4.78 is 46.6. The van der Waals surface area contributed by atoms with Crippen LogP contribution in [0.3, 0.4) is 0 Å². The maximum absolute atomic E-state index is 16.0. The fourth-order valence-corrected chi connectivity index (χ4v) is 5.94. The third kappa shape index (κ3) is 7.50. The Bertz CT molecular complexity index is 1320. The van der Waals surface area contributed by atoms with Crippen molar-refractivity contribution in [2.24, 2.45) is 5.41 Å². The van der Waals surface area contributed by atoms with Crippen molar-refractivity contribution >= 4 is 13.5 Å². The topological polar surface area (TPSA) is 169 Å². The van der Waals surface area contributed by atoms with Crippen molar-refractivity contribution in [3.05, 3.63) is 69.0 Å². The second-order valence-corrected chi connectivity index (χ2v) is 13.2. The number of aromatic amines is 1. The molecule has 6 atom stereocenters. The molecule has 4 N–H and O–H groups in total. The van der Waals surface area contributed by atoms with Crippen LogP contribution >= 0.6 is 7.52 Å². The molecule has 39 heavy (non-hydrogen) atoms. The molecule has 2 aromatic rings. The zero-order chi connectivity index (χ0) is 29.2. The lowest BCUT2D eigenvalue weighted by molar-refractivity contribution is -0.203. The van der Waals surface area contributed by atoms with Crippen LogP contribution in [-0.4, -0.2) is 62.5 Å². The van der Waals surface area contributed by atoms with Crippen molar-refractivity contribution in [1.29, 1.82) is 0 Å². The Labute approximate surface area is 224 Å². The van der Waals surface area contributed by atoms with Crippen LogP contribution in [0.1, 0.15) is 46.4 Å². The van der Waals surface area contributed by atoms with Gasteiger partial charge in [-0.3, -0.25) is 23.7 Å². The van der Waals surface area contributed by atoms with Crippen molar-refractivity contribution in [3.8, 4) is 0 Å². The first-order valence-electron chi connectivity index (χ1n) is 12.3. The number of esters is 1. The highest BCUT2D eigenvalue weighted by molar-refractivity contribution is 7.56. The van der Waals surface area contributed by atoms with E-state index in [0.29, 0.717) is 10.1 Å². The van der Waals surface area contributed by atoms with Gasteiger partial charge in [-0.25, -0.2) is 14.3 Å². The van der Waals surface area contributed by atoms with Gasteiger partial charge in [0.15, 0.2) is 6.23 Å². The molecule has 0 radical (unpaired) electrons. The number of aliphatic hydroxyl groups excluding tert-OH is 1. The third-order valence-electron chi connectivity index (χ3n) is 5.97. The van der Waals surface area contributed by atoms with Crippen LogP contribution in [0, 0.1) is 5.41 Å². The number of nitrogens with zero attached hydrogens (tertiary/aromatic N) is 1. The van der Waals surface area contributed by atoms with E-state index in [0.717, 1.165) is 19.2 Å². The number of ether oxygens (including phenoxy) is 2. The number of rotatable bonds is 10. The molecule has 12 nitrogen and oxygen atoms in total. The highest BCUT2D eigenvalue weighted by Gasteiger charge is 2.63. The first-order chi connectivity index (χ1) is 18.0. The number of nitrogens with one attached hydrogen (secondary N) is 2. The van der Waals surface area contributed by atoms with Gasteiger partial charge in [0, 0.05) is 12.3 Å². The second kappa shape index (κ2) is 11.4. The number of aliphatic hydroxyl groups is 2. The molecule has 0 aliphatic carbocycles. The fourth-order valence-electron chi connectivity index (χ4n) is 3.91. The summed E-state index contributed by atoms with van der Waals surface area (Å²) in [6, 6.07) is 8.32. The summed E-state index contributed by atoms with van der Waals surface area (Å²) in [7, 11) is -4.07. The zero-order valence-electron chi connectivity index (χ0n) is 22.4. The highest BCUT2D eigenvalue weighted by Crippen LogP contribution is 2.51. The van der Waals surface area contributed by atoms with Crippen LogP contribution in [0.5, 0.6) is 0 Å². The van der Waals surface area contributed by atoms with Crippen LogP contribution in [0.25, 0.3) is 0 Å². The SMILES string of the molecule is C[C@H](NP(=O)(Cc1ccccc1)OC[C@@]1(F)O[C@@H](n2ccc(=O)[nH]c2=O)[C@](C)(O)C1O)C(=O)OCC(C)(C)C. The zero-order valence-corrected chi connectivity index (χ0v) is 23.3. The Morgan fingerprint density at radius 1 is 1.28 bits per heavy atom. The smallest absolute Gasteiger partial charge is 0.330 e. The predicted octanol–water partition coefficient (Wildman–Crippen LogP) is 1.82. The number of alkyl halides is 1. The predicted molar refractivity (Wildman–Crippen MR) is 139 cm³/mol. The molecule has 1 aliphatic rings. The van der Waals surface area contributed by atoms with Gasteiger partial charge in [-0.05, 0) is 24.8 Å². The maximum Gasteiger partial charge on any atom is 0.330 e. The number of halogens is 1. The number of benzene rings is 1. The van der Waals surface area contributed by atoms with Crippen LogP contribution in [0.15, 0.2) is 52.2 Å². The van der Waals surface area contributed by atoms with E-state index < -0.39 is 61.2 Å². The normalized spacial score (nSPS) is 27.6. The molecule has 1 aromatic carbocycles.